The summed E-state index contributed by atoms with van der Waals surface area (Å²) in [5, 5.41) is 7.38. The average molecular weight is 524 g/mol. The highest BCUT2D eigenvalue weighted by molar-refractivity contribution is 6.07. The lowest BCUT2D eigenvalue weighted by atomic mass is 10.1. The van der Waals surface area contributed by atoms with Crippen LogP contribution in [0.5, 0.6) is 5.75 Å². The van der Waals surface area contributed by atoms with Gasteiger partial charge in [0.25, 0.3) is 5.91 Å². The van der Waals surface area contributed by atoms with Gasteiger partial charge in [-0.15, -0.1) is 0 Å². The summed E-state index contributed by atoms with van der Waals surface area (Å²) in [7, 11) is 1.69. The van der Waals surface area contributed by atoms with Gasteiger partial charge in [0.15, 0.2) is 0 Å². The second kappa shape index (κ2) is 12.2. The third kappa shape index (κ3) is 6.49. The fourth-order valence-corrected chi connectivity index (χ4v) is 5.02. The van der Waals surface area contributed by atoms with Crippen molar-refractivity contribution < 1.29 is 9.53 Å². The predicted octanol–water partition coefficient (Wildman–Crippen LogP) is 5.55. The van der Waals surface area contributed by atoms with Gasteiger partial charge in [0, 0.05) is 49.5 Å². The number of piperazine rings is 1. The lowest BCUT2D eigenvalue weighted by Gasteiger charge is -2.36. The van der Waals surface area contributed by atoms with Gasteiger partial charge >= 0.3 is 0 Å². The maximum atomic E-state index is 13.3. The van der Waals surface area contributed by atoms with E-state index < -0.39 is 0 Å². The molecule has 2 heterocycles. The molecule has 2 N–H and O–H groups in total. The van der Waals surface area contributed by atoms with Crippen LogP contribution in [0.4, 0.5) is 17.2 Å². The molecule has 39 heavy (non-hydrogen) atoms. The minimum atomic E-state index is -0.0685. The standard InChI is InChI=1S/C32H37N5O2/c1-23-9-10-25(21-24(23)2)34-31-22-29(28-7-4-5-8-30(28)35-31)32(38)33-15-6-16-36-17-19-37(20-18-36)26-11-13-27(39-3)14-12-26/h4-5,7-14,21-22H,6,15-20H2,1-3H3,(H,33,38)(H,34,35). The number of hydrogen-bond acceptors (Lipinski definition) is 6. The molecule has 0 spiro atoms. The van der Waals surface area contributed by atoms with Gasteiger partial charge in [0.2, 0.25) is 0 Å². The maximum Gasteiger partial charge on any atom is 0.252 e. The third-order valence-corrected chi connectivity index (χ3v) is 7.49. The molecule has 0 atom stereocenters. The van der Waals surface area contributed by atoms with Gasteiger partial charge in [-0.25, -0.2) is 4.98 Å². The molecule has 0 saturated carbocycles. The molecule has 1 fully saturated rings. The van der Waals surface area contributed by atoms with Crippen molar-refractivity contribution in [2.75, 3.05) is 56.6 Å². The zero-order valence-corrected chi connectivity index (χ0v) is 23.0. The van der Waals surface area contributed by atoms with Gasteiger partial charge in [-0.2, -0.15) is 0 Å². The number of fused-ring (bicyclic) bond motifs is 1. The number of pyridine rings is 1. The Labute approximate surface area is 230 Å². The summed E-state index contributed by atoms with van der Waals surface area (Å²) in [6.45, 7) is 9.81. The van der Waals surface area contributed by atoms with E-state index in [1.54, 1.807) is 7.11 Å². The predicted molar refractivity (Wildman–Crippen MR) is 160 cm³/mol. The van der Waals surface area contributed by atoms with Gasteiger partial charge in [-0.05, 0) is 86.5 Å². The van der Waals surface area contributed by atoms with E-state index in [4.69, 9.17) is 9.72 Å². The van der Waals surface area contributed by atoms with E-state index in [0.29, 0.717) is 17.9 Å². The lowest BCUT2D eigenvalue weighted by molar-refractivity contribution is 0.0953. The SMILES string of the molecule is COc1ccc(N2CCN(CCCNC(=O)c3cc(Nc4ccc(C)c(C)c4)nc4ccccc34)CC2)cc1. The van der Waals surface area contributed by atoms with Gasteiger partial charge in [-0.3, -0.25) is 9.69 Å². The minimum absolute atomic E-state index is 0.0685. The number of nitrogens with zero attached hydrogens (tertiary/aromatic N) is 3. The molecular weight excluding hydrogens is 486 g/mol. The molecule has 7 nitrogen and oxygen atoms in total. The summed E-state index contributed by atoms with van der Waals surface area (Å²) >= 11 is 0. The van der Waals surface area contributed by atoms with Crippen LogP contribution < -0.4 is 20.3 Å². The first-order valence-corrected chi connectivity index (χ1v) is 13.6. The van der Waals surface area contributed by atoms with Crippen LogP contribution in [-0.2, 0) is 0 Å². The Hall–Kier alpha value is -4.10. The zero-order chi connectivity index (χ0) is 27.2. The first-order valence-electron chi connectivity index (χ1n) is 13.6. The Morgan fingerprint density at radius 2 is 1.69 bits per heavy atom. The van der Waals surface area contributed by atoms with E-state index in [-0.39, 0.29) is 5.91 Å². The van der Waals surface area contributed by atoms with Crippen molar-refractivity contribution in [3.8, 4) is 5.75 Å². The second-order valence-corrected chi connectivity index (χ2v) is 10.1. The van der Waals surface area contributed by atoms with Crippen LogP contribution in [0, 0.1) is 13.8 Å². The quantitative estimate of drug-likeness (QED) is 0.281. The smallest absolute Gasteiger partial charge is 0.252 e. The number of benzene rings is 3. The van der Waals surface area contributed by atoms with Crippen molar-refractivity contribution in [1.29, 1.82) is 0 Å². The zero-order valence-electron chi connectivity index (χ0n) is 23.0. The van der Waals surface area contributed by atoms with Crippen molar-refractivity contribution in [1.82, 2.24) is 15.2 Å². The molecule has 0 aliphatic carbocycles. The number of anilines is 3. The number of methoxy groups -OCH3 is 1. The summed E-state index contributed by atoms with van der Waals surface area (Å²) in [5.74, 6) is 1.48. The number of carbonyl (C=O) groups is 1. The fourth-order valence-electron chi connectivity index (χ4n) is 5.02. The molecule has 1 amide bonds. The van der Waals surface area contributed by atoms with E-state index in [9.17, 15) is 4.79 Å². The van der Waals surface area contributed by atoms with Crippen molar-refractivity contribution in [3.05, 3.63) is 89.5 Å². The van der Waals surface area contributed by atoms with Gasteiger partial charge in [-0.1, -0.05) is 24.3 Å². The molecule has 4 aromatic rings. The Kier molecular flexibility index (Phi) is 8.27. The van der Waals surface area contributed by atoms with E-state index in [1.165, 1.54) is 16.8 Å². The molecule has 1 aliphatic rings. The number of para-hydroxylation sites is 1. The van der Waals surface area contributed by atoms with Crippen molar-refractivity contribution in [2.45, 2.75) is 20.3 Å². The number of aryl methyl sites for hydroxylation is 2. The van der Waals surface area contributed by atoms with Crippen LogP contribution in [-0.4, -0.2) is 62.2 Å². The van der Waals surface area contributed by atoms with E-state index >= 15 is 0 Å². The highest BCUT2D eigenvalue weighted by Gasteiger charge is 2.18. The summed E-state index contributed by atoms with van der Waals surface area (Å²) in [4.78, 5) is 22.9. The number of carbonyl (C=O) groups excluding carboxylic acids is 1. The topological polar surface area (TPSA) is 69.7 Å². The van der Waals surface area contributed by atoms with Crippen LogP contribution in [0.1, 0.15) is 27.9 Å². The Morgan fingerprint density at radius 3 is 2.44 bits per heavy atom. The van der Waals surface area contributed by atoms with Crippen molar-refractivity contribution in [2.24, 2.45) is 0 Å². The average Bonchev–Trinajstić information content (AvgIpc) is 2.97. The normalized spacial score (nSPS) is 13.9. The van der Waals surface area contributed by atoms with Crippen LogP contribution in [0.2, 0.25) is 0 Å². The van der Waals surface area contributed by atoms with Crippen LogP contribution >= 0.6 is 0 Å². The number of amides is 1. The van der Waals surface area contributed by atoms with E-state index in [1.807, 2.05) is 48.5 Å². The molecular formula is C32H37N5O2. The minimum Gasteiger partial charge on any atom is -0.497 e. The van der Waals surface area contributed by atoms with E-state index in [2.05, 4.69) is 58.5 Å². The summed E-state index contributed by atoms with van der Waals surface area (Å²) in [6.07, 6.45) is 0.908. The molecule has 1 aromatic heterocycles. The summed E-state index contributed by atoms with van der Waals surface area (Å²) in [6, 6.07) is 24.1. The van der Waals surface area contributed by atoms with Crippen molar-refractivity contribution in [3.63, 3.8) is 0 Å². The summed E-state index contributed by atoms with van der Waals surface area (Å²) < 4.78 is 5.27. The Bertz CT molecular complexity index is 1430. The van der Waals surface area contributed by atoms with Crippen LogP contribution in [0.3, 0.4) is 0 Å². The van der Waals surface area contributed by atoms with Gasteiger partial charge in [0.05, 0.1) is 18.2 Å². The van der Waals surface area contributed by atoms with Gasteiger partial charge in [0.1, 0.15) is 11.6 Å². The molecule has 0 radical (unpaired) electrons. The molecule has 3 aromatic carbocycles. The number of aromatic nitrogens is 1. The maximum absolute atomic E-state index is 13.3. The molecule has 1 aliphatic heterocycles. The lowest BCUT2D eigenvalue weighted by Crippen LogP contribution is -2.47. The highest BCUT2D eigenvalue weighted by Crippen LogP contribution is 2.25. The summed E-state index contributed by atoms with van der Waals surface area (Å²) in [5.41, 5.74) is 6.08. The monoisotopic (exact) mass is 523 g/mol. The first kappa shape index (κ1) is 26.5. The van der Waals surface area contributed by atoms with Crippen molar-refractivity contribution >= 4 is 34.0 Å². The Morgan fingerprint density at radius 1 is 0.923 bits per heavy atom. The molecule has 202 valence electrons. The van der Waals surface area contributed by atoms with Crippen LogP contribution in [0.15, 0.2) is 72.8 Å². The number of ether oxygens (including phenoxy) is 1. The van der Waals surface area contributed by atoms with Crippen LogP contribution in [0.25, 0.3) is 10.9 Å². The number of rotatable bonds is 9. The molecule has 1 saturated heterocycles. The number of nitrogens with one attached hydrogen (secondary N) is 2. The molecule has 5 rings (SSSR count). The highest BCUT2D eigenvalue weighted by atomic mass is 16.5. The fraction of sp³-hybridized carbons (Fsp3) is 0.312. The molecule has 0 unspecified atom stereocenters. The van der Waals surface area contributed by atoms with E-state index in [0.717, 1.165) is 61.5 Å². The second-order valence-electron chi connectivity index (χ2n) is 10.1. The molecule has 7 heteroatoms. The third-order valence-electron chi connectivity index (χ3n) is 7.49. The van der Waals surface area contributed by atoms with Gasteiger partial charge < -0.3 is 20.3 Å². The largest absolute Gasteiger partial charge is 0.497 e. The molecule has 0 bridgehead atoms. The number of hydrogen-bond donors (Lipinski definition) is 2. The Balaban J connectivity index is 1.15. The first-order chi connectivity index (χ1) is 19.0.